The molecule has 1 heterocycles. The number of carbonyl (C=O) groups excluding carboxylic acids is 2. The Morgan fingerprint density at radius 2 is 1.70 bits per heavy atom. The summed E-state index contributed by atoms with van der Waals surface area (Å²) in [4.78, 5) is 43.5. The van der Waals surface area contributed by atoms with Gasteiger partial charge in [-0.3, -0.25) is 14.4 Å². The minimum absolute atomic E-state index is 0.0272. The third-order valence-electron chi connectivity index (χ3n) is 6.57. The quantitative estimate of drug-likeness (QED) is 0.307. The van der Waals surface area contributed by atoms with E-state index in [0.29, 0.717) is 33.7 Å². The van der Waals surface area contributed by atoms with Crippen LogP contribution >= 0.6 is 11.6 Å². The number of carbonyl (C=O) groups is 2. The zero-order valence-corrected chi connectivity index (χ0v) is 21.3. The van der Waals surface area contributed by atoms with Gasteiger partial charge in [0.1, 0.15) is 12.1 Å². The van der Waals surface area contributed by atoms with E-state index in [9.17, 15) is 14.4 Å². The lowest BCUT2D eigenvalue weighted by Crippen LogP contribution is -2.44. The van der Waals surface area contributed by atoms with E-state index >= 15 is 0 Å². The molecule has 1 fully saturated rings. The highest BCUT2D eigenvalue weighted by Crippen LogP contribution is 2.29. The Balaban J connectivity index is 1.43. The van der Waals surface area contributed by atoms with Gasteiger partial charge in [-0.1, -0.05) is 53.6 Å². The molecule has 0 radical (unpaired) electrons. The average molecular weight is 515 g/mol. The molecule has 0 saturated heterocycles. The Morgan fingerprint density at radius 1 is 0.973 bits per heavy atom. The lowest BCUT2D eigenvalue weighted by molar-refractivity contribution is -0.133. The van der Waals surface area contributed by atoms with Gasteiger partial charge in [-0.15, -0.1) is 0 Å². The highest BCUT2D eigenvalue weighted by Gasteiger charge is 2.35. The maximum atomic E-state index is 13.7. The van der Waals surface area contributed by atoms with Crippen LogP contribution in [0.15, 0.2) is 88.3 Å². The first-order valence-corrected chi connectivity index (χ1v) is 12.7. The summed E-state index contributed by atoms with van der Waals surface area (Å²) in [7, 11) is 0. The summed E-state index contributed by atoms with van der Waals surface area (Å²) in [6, 6.07) is 21.8. The van der Waals surface area contributed by atoms with E-state index in [1.165, 1.54) is 6.26 Å². The predicted octanol–water partition coefficient (Wildman–Crippen LogP) is 5.59. The molecule has 1 saturated carbocycles. The normalized spacial score (nSPS) is 12.9. The van der Waals surface area contributed by atoms with Crippen LogP contribution in [0, 0.1) is 6.92 Å². The molecule has 0 spiro atoms. The van der Waals surface area contributed by atoms with Crippen molar-refractivity contribution in [3.63, 3.8) is 0 Å². The first kappa shape index (κ1) is 24.8. The molecule has 6 nitrogen and oxygen atoms in total. The van der Waals surface area contributed by atoms with Gasteiger partial charge in [-0.25, -0.2) is 0 Å². The fourth-order valence-corrected chi connectivity index (χ4v) is 4.52. The van der Waals surface area contributed by atoms with E-state index in [1.807, 2.05) is 43.3 Å². The largest absolute Gasteiger partial charge is 0.464 e. The van der Waals surface area contributed by atoms with Gasteiger partial charge < -0.3 is 14.2 Å². The highest BCUT2D eigenvalue weighted by atomic mass is 35.5. The van der Waals surface area contributed by atoms with Crippen LogP contribution < -0.4 is 5.43 Å². The average Bonchev–Trinajstić information content (AvgIpc) is 3.74. The van der Waals surface area contributed by atoms with Crippen LogP contribution in [0.1, 0.15) is 39.9 Å². The zero-order valence-electron chi connectivity index (χ0n) is 20.5. The summed E-state index contributed by atoms with van der Waals surface area (Å²) in [5, 5.41) is 1.03. The molecular weight excluding hydrogens is 488 g/mol. The van der Waals surface area contributed by atoms with Gasteiger partial charge in [0.25, 0.3) is 5.91 Å². The number of fused-ring (bicyclic) bond motifs is 1. The Kier molecular flexibility index (Phi) is 7.10. The number of benzene rings is 3. The van der Waals surface area contributed by atoms with E-state index in [0.717, 1.165) is 24.0 Å². The summed E-state index contributed by atoms with van der Waals surface area (Å²) in [5.74, 6) is -0.435. The van der Waals surface area contributed by atoms with E-state index in [2.05, 4.69) is 0 Å². The molecule has 0 bridgehead atoms. The Morgan fingerprint density at radius 3 is 2.41 bits per heavy atom. The number of aryl methyl sites for hydroxylation is 1. The van der Waals surface area contributed by atoms with Gasteiger partial charge in [0.05, 0.1) is 23.8 Å². The molecule has 1 aliphatic rings. The second kappa shape index (κ2) is 10.6. The van der Waals surface area contributed by atoms with Crippen LogP contribution in [-0.2, 0) is 17.9 Å². The monoisotopic (exact) mass is 514 g/mol. The topological polar surface area (TPSA) is 70.8 Å². The minimum atomic E-state index is -0.234. The molecule has 0 unspecified atom stereocenters. The molecule has 1 aliphatic carbocycles. The van der Waals surface area contributed by atoms with Crippen molar-refractivity contribution in [2.24, 2.45) is 0 Å². The third-order valence-corrected chi connectivity index (χ3v) is 6.83. The number of amides is 2. The van der Waals surface area contributed by atoms with Crippen molar-refractivity contribution in [2.45, 2.75) is 38.9 Å². The van der Waals surface area contributed by atoms with Crippen LogP contribution in [-0.4, -0.2) is 34.2 Å². The van der Waals surface area contributed by atoms with Crippen molar-refractivity contribution in [3.05, 3.63) is 117 Å². The summed E-state index contributed by atoms with van der Waals surface area (Å²) >= 11 is 5.99. The standard InChI is InChI=1S/C30H27ClN2O4/c1-20-7-14-27-26(15-20)29(35)23(19-37-27)17-32(16-21-5-3-2-4-6-21)28(34)18-33(25-12-13-25)30(36)22-8-10-24(31)11-9-22/h2-11,14-15,19,25H,12-13,16-18H2,1H3. The summed E-state index contributed by atoms with van der Waals surface area (Å²) in [6.07, 6.45) is 3.15. The van der Waals surface area contributed by atoms with E-state index in [-0.39, 0.29) is 36.4 Å². The number of hydrogen-bond donors (Lipinski definition) is 0. The van der Waals surface area contributed by atoms with Gasteiger partial charge in [-0.05, 0) is 61.7 Å². The smallest absolute Gasteiger partial charge is 0.254 e. The molecule has 188 valence electrons. The Labute approximate surface area is 220 Å². The SMILES string of the molecule is Cc1ccc2occ(CN(Cc3ccccc3)C(=O)CN(C(=O)c3ccc(Cl)cc3)C3CC3)c(=O)c2c1. The molecule has 37 heavy (non-hydrogen) atoms. The number of halogens is 1. The van der Waals surface area contributed by atoms with Crippen LogP contribution in [0.25, 0.3) is 11.0 Å². The molecule has 5 rings (SSSR count). The summed E-state index contributed by atoms with van der Waals surface area (Å²) < 4.78 is 5.73. The van der Waals surface area contributed by atoms with Crippen LogP contribution in [0.2, 0.25) is 5.02 Å². The van der Waals surface area contributed by atoms with E-state index in [4.69, 9.17) is 16.0 Å². The first-order chi connectivity index (χ1) is 17.9. The van der Waals surface area contributed by atoms with Gasteiger partial charge in [-0.2, -0.15) is 0 Å². The highest BCUT2D eigenvalue weighted by molar-refractivity contribution is 6.30. The van der Waals surface area contributed by atoms with Crippen molar-refractivity contribution in [2.75, 3.05) is 6.54 Å². The van der Waals surface area contributed by atoms with Crippen molar-refractivity contribution in [1.29, 1.82) is 0 Å². The lowest BCUT2D eigenvalue weighted by atomic mass is 10.1. The third kappa shape index (κ3) is 5.75. The molecule has 4 aromatic rings. The number of nitrogens with zero attached hydrogens (tertiary/aromatic N) is 2. The summed E-state index contributed by atoms with van der Waals surface area (Å²) in [5.41, 5.74) is 3.11. The van der Waals surface area contributed by atoms with Gasteiger partial charge in [0.2, 0.25) is 5.91 Å². The fraction of sp³-hybridized carbons (Fsp3) is 0.233. The van der Waals surface area contributed by atoms with Gasteiger partial charge >= 0.3 is 0 Å². The van der Waals surface area contributed by atoms with Crippen LogP contribution in [0.4, 0.5) is 0 Å². The molecule has 1 aromatic heterocycles. The van der Waals surface area contributed by atoms with Crippen LogP contribution in [0.3, 0.4) is 0 Å². The first-order valence-electron chi connectivity index (χ1n) is 12.3. The maximum Gasteiger partial charge on any atom is 0.254 e. The predicted molar refractivity (Wildman–Crippen MR) is 143 cm³/mol. The van der Waals surface area contributed by atoms with E-state index in [1.54, 1.807) is 46.2 Å². The number of hydrogen-bond acceptors (Lipinski definition) is 4. The second-order valence-corrected chi connectivity index (χ2v) is 9.93. The maximum absolute atomic E-state index is 13.7. The number of rotatable bonds is 8. The minimum Gasteiger partial charge on any atom is -0.464 e. The molecule has 2 amide bonds. The van der Waals surface area contributed by atoms with Gasteiger partial charge in [0, 0.05) is 23.2 Å². The summed E-state index contributed by atoms with van der Waals surface area (Å²) in [6.45, 7) is 2.23. The van der Waals surface area contributed by atoms with Crippen molar-refractivity contribution >= 4 is 34.4 Å². The Bertz CT molecular complexity index is 1490. The Hall–Kier alpha value is -3.90. The second-order valence-electron chi connectivity index (χ2n) is 9.50. The van der Waals surface area contributed by atoms with Gasteiger partial charge in [0.15, 0.2) is 5.43 Å². The fourth-order valence-electron chi connectivity index (χ4n) is 4.39. The van der Waals surface area contributed by atoms with Crippen LogP contribution in [0.5, 0.6) is 0 Å². The molecule has 7 heteroatoms. The zero-order chi connectivity index (χ0) is 25.9. The van der Waals surface area contributed by atoms with Crippen molar-refractivity contribution in [1.82, 2.24) is 9.80 Å². The molecule has 3 aromatic carbocycles. The molecule has 0 atom stereocenters. The molecule has 0 N–H and O–H groups in total. The molecule has 0 aliphatic heterocycles. The van der Waals surface area contributed by atoms with Crippen molar-refractivity contribution in [3.8, 4) is 0 Å². The lowest BCUT2D eigenvalue weighted by Gasteiger charge is -2.28. The molecular formula is C30H27ClN2O4. The van der Waals surface area contributed by atoms with Crippen molar-refractivity contribution < 1.29 is 14.0 Å². The van der Waals surface area contributed by atoms with E-state index < -0.39 is 0 Å².